The maximum atomic E-state index is 6.15. The second-order valence-electron chi connectivity index (χ2n) is 8.52. The summed E-state index contributed by atoms with van der Waals surface area (Å²) in [5, 5.41) is 3.45. The van der Waals surface area contributed by atoms with Crippen LogP contribution in [0.5, 0.6) is 0 Å². The van der Waals surface area contributed by atoms with Gasteiger partial charge >= 0.3 is 0 Å². The number of morpholine rings is 1. The topological polar surface area (TPSA) is 66.1 Å². The highest BCUT2D eigenvalue weighted by Crippen LogP contribution is 2.25. The van der Waals surface area contributed by atoms with E-state index < -0.39 is 0 Å². The second-order valence-corrected chi connectivity index (χ2v) is 8.52. The molecule has 5 rings (SSSR count). The summed E-state index contributed by atoms with van der Waals surface area (Å²) in [5.74, 6) is 1.53. The Bertz CT molecular complexity index is 1060. The number of guanidine groups is 1. The van der Waals surface area contributed by atoms with Crippen LogP contribution in [0.2, 0.25) is 0 Å². The summed E-state index contributed by atoms with van der Waals surface area (Å²) in [5.41, 5.74) is 3.14. The molecule has 0 bridgehead atoms. The molecule has 1 aromatic heterocycles. The number of likely N-dealkylation sites (tertiary alicyclic amines) is 1. The highest BCUT2D eigenvalue weighted by Gasteiger charge is 2.41. The van der Waals surface area contributed by atoms with Crippen molar-refractivity contribution in [2.24, 2.45) is 4.99 Å². The smallest absolute Gasteiger partial charge is 0.226 e. The number of halogens is 1. The molecule has 180 valence electrons. The minimum atomic E-state index is 0. The molecule has 0 radical (unpaired) electrons. The number of ether oxygens (including phenoxy) is 1. The van der Waals surface area contributed by atoms with Gasteiger partial charge in [0.2, 0.25) is 5.89 Å². The molecule has 2 atom stereocenters. The van der Waals surface area contributed by atoms with Gasteiger partial charge in [-0.05, 0) is 24.6 Å². The summed E-state index contributed by atoms with van der Waals surface area (Å²) < 4.78 is 11.8. The van der Waals surface area contributed by atoms with Gasteiger partial charge in [0.15, 0.2) is 5.96 Å². The molecule has 2 aliphatic heterocycles. The third kappa shape index (κ3) is 5.79. The van der Waals surface area contributed by atoms with Crippen LogP contribution >= 0.6 is 24.0 Å². The van der Waals surface area contributed by atoms with Crippen LogP contribution in [0.1, 0.15) is 18.2 Å². The fraction of sp³-hybridized carbons (Fsp3) is 0.385. The predicted molar refractivity (Wildman–Crippen MR) is 144 cm³/mol. The Balaban J connectivity index is 0.00000274. The minimum absolute atomic E-state index is 0. The number of fused-ring (bicyclic) bond motifs is 1. The lowest BCUT2D eigenvalue weighted by molar-refractivity contribution is -0.0502. The summed E-state index contributed by atoms with van der Waals surface area (Å²) >= 11 is 0. The van der Waals surface area contributed by atoms with Gasteiger partial charge in [0.25, 0.3) is 0 Å². The van der Waals surface area contributed by atoms with Crippen molar-refractivity contribution in [1.82, 2.24) is 20.1 Å². The summed E-state index contributed by atoms with van der Waals surface area (Å²) in [7, 11) is 0. The molecule has 34 heavy (non-hydrogen) atoms. The number of nitrogens with one attached hydrogen (secondary N) is 1. The highest BCUT2D eigenvalue weighted by molar-refractivity contribution is 14.0. The first kappa shape index (κ1) is 24.7. The summed E-state index contributed by atoms with van der Waals surface area (Å²) in [6, 6.07) is 21.0. The molecule has 0 amide bonds. The first-order valence-corrected chi connectivity index (χ1v) is 11.7. The van der Waals surface area contributed by atoms with Crippen LogP contribution in [0.4, 0.5) is 0 Å². The van der Waals surface area contributed by atoms with Gasteiger partial charge in [0.1, 0.15) is 12.0 Å². The van der Waals surface area contributed by atoms with Crippen LogP contribution < -0.4 is 5.32 Å². The van der Waals surface area contributed by atoms with Crippen molar-refractivity contribution < 1.29 is 9.15 Å². The molecule has 0 saturated carbocycles. The summed E-state index contributed by atoms with van der Waals surface area (Å²) in [6.45, 7) is 7.81. The molecular weight excluding hydrogens is 541 g/mol. The lowest BCUT2D eigenvalue weighted by Gasteiger charge is -2.36. The number of aromatic nitrogens is 1. The SMILES string of the molecule is CCNC(=NCc1coc(-c2ccccc2)n1)N1CC2OCCN(Cc3ccccc3)C2C1.I. The first-order valence-electron chi connectivity index (χ1n) is 11.7. The Labute approximate surface area is 218 Å². The highest BCUT2D eigenvalue weighted by atomic mass is 127. The molecule has 0 aliphatic carbocycles. The van der Waals surface area contributed by atoms with Crippen LogP contribution in [-0.2, 0) is 17.8 Å². The van der Waals surface area contributed by atoms with E-state index in [4.69, 9.17) is 14.1 Å². The van der Waals surface area contributed by atoms with E-state index in [0.29, 0.717) is 18.5 Å². The van der Waals surface area contributed by atoms with Crippen LogP contribution in [0.25, 0.3) is 11.5 Å². The van der Waals surface area contributed by atoms with Crippen molar-refractivity contribution in [3.63, 3.8) is 0 Å². The van der Waals surface area contributed by atoms with E-state index >= 15 is 0 Å². The molecular formula is C26H32IN5O2. The average Bonchev–Trinajstić information content (AvgIpc) is 3.51. The molecule has 7 nitrogen and oxygen atoms in total. The van der Waals surface area contributed by atoms with Crippen molar-refractivity contribution >= 4 is 29.9 Å². The van der Waals surface area contributed by atoms with E-state index in [-0.39, 0.29) is 30.1 Å². The average molecular weight is 573 g/mol. The number of rotatable bonds is 6. The van der Waals surface area contributed by atoms with Gasteiger partial charge in [-0.25, -0.2) is 9.98 Å². The van der Waals surface area contributed by atoms with Crippen LogP contribution in [0.3, 0.4) is 0 Å². The Hall–Kier alpha value is -2.43. The van der Waals surface area contributed by atoms with E-state index in [2.05, 4.69) is 57.4 Å². The fourth-order valence-corrected chi connectivity index (χ4v) is 4.62. The lowest BCUT2D eigenvalue weighted by Crippen LogP contribution is -2.50. The normalized spacial score (nSPS) is 20.6. The number of hydrogen-bond acceptors (Lipinski definition) is 5. The Morgan fingerprint density at radius 1 is 1.09 bits per heavy atom. The number of benzene rings is 2. The minimum Gasteiger partial charge on any atom is -0.444 e. The number of aliphatic imine (C=N–C) groups is 1. The van der Waals surface area contributed by atoms with Crippen LogP contribution in [-0.4, -0.2) is 65.7 Å². The monoisotopic (exact) mass is 573 g/mol. The van der Waals surface area contributed by atoms with E-state index in [1.54, 1.807) is 6.26 Å². The molecule has 2 saturated heterocycles. The zero-order valence-electron chi connectivity index (χ0n) is 19.5. The third-order valence-electron chi connectivity index (χ3n) is 6.24. The molecule has 3 aromatic rings. The third-order valence-corrected chi connectivity index (χ3v) is 6.24. The predicted octanol–water partition coefficient (Wildman–Crippen LogP) is 4.01. The molecule has 0 spiro atoms. The van der Waals surface area contributed by atoms with E-state index in [1.807, 2.05) is 30.3 Å². The fourth-order valence-electron chi connectivity index (χ4n) is 4.62. The maximum Gasteiger partial charge on any atom is 0.226 e. The van der Waals surface area contributed by atoms with Crippen molar-refractivity contribution in [3.05, 3.63) is 78.2 Å². The van der Waals surface area contributed by atoms with Gasteiger partial charge in [-0.1, -0.05) is 48.5 Å². The van der Waals surface area contributed by atoms with Gasteiger partial charge in [-0.15, -0.1) is 24.0 Å². The zero-order valence-corrected chi connectivity index (χ0v) is 21.8. The second kappa shape index (κ2) is 11.8. The number of hydrogen-bond donors (Lipinski definition) is 1. The van der Waals surface area contributed by atoms with Gasteiger partial charge in [-0.2, -0.15) is 0 Å². The summed E-state index contributed by atoms with van der Waals surface area (Å²) in [6.07, 6.45) is 1.90. The van der Waals surface area contributed by atoms with Crippen molar-refractivity contribution in [2.45, 2.75) is 32.2 Å². The molecule has 2 aliphatic rings. The Morgan fingerprint density at radius 2 is 1.85 bits per heavy atom. The Kier molecular flexibility index (Phi) is 8.58. The number of nitrogens with zero attached hydrogens (tertiary/aromatic N) is 4. The standard InChI is InChI=1S/C26H31N5O2.HI/c1-2-27-26(28-15-22-19-33-25(29-22)21-11-7-4-8-12-21)31-17-23-24(18-31)32-14-13-30(23)16-20-9-5-3-6-10-20;/h3-12,19,23-24H,2,13-18H2,1H3,(H,27,28);1H. The van der Waals surface area contributed by atoms with E-state index in [0.717, 1.165) is 56.5 Å². The van der Waals surface area contributed by atoms with E-state index in [1.165, 1.54) is 5.56 Å². The van der Waals surface area contributed by atoms with Gasteiger partial charge in [0, 0.05) is 38.3 Å². The molecule has 2 unspecified atom stereocenters. The van der Waals surface area contributed by atoms with Crippen LogP contribution in [0.15, 0.2) is 76.3 Å². The zero-order chi connectivity index (χ0) is 22.5. The van der Waals surface area contributed by atoms with Crippen molar-refractivity contribution in [2.75, 3.05) is 32.8 Å². The summed E-state index contributed by atoms with van der Waals surface area (Å²) in [4.78, 5) is 14.4. The van der Waals surface area contributed by atoms with Crippen molar-refractivity contribution in [1.29, 1.82) is 0 Å². The number of oxazole rings is 1. The van der Waals surface area contributed by atoms with Crippen LogP contribution in [0, 0.1) is 0 Å². The first-order chi connectivity index (χ1) is 16.3. The molecule has 2 aromatic carbocycles. The van der Waals surface area contributed by atoms with Gasteiger partial charge < -0.3 is 19.4 Å². The van der Waals surface area contributed by atoms with Gasteiger partial charge in [-0.3, -0.25) is 4.90 Å². The molecule has 8 heteroatoms. The molecule has 3 heterocycles. The Morgan fingerprint density at radius 3 is 2.62 bits per heavy atom. The largest absolute Gasteiger partial charge is 0.444 e. The molecule has 2 fully saturated rings. The quantitative estimate of drug-likeness (QED) is 0.273. The molecule has 1 N–H and O–H groups in total. The van der Waals surface area contributed by atoms with Gasteiger partial charge in [0.05, 0.1) is 25.3 Å². The van der Waals surface area contributed by atoms with Crippen molar-refractivity contribution in [3.8, 4) is 11.5 Å². The maximum absolute atomic E-state index is 6.15. The van der Waals surface area contributed by atoms with E-state index in [9.17, 15) is 0 Å². The lowest BCUT2D eigenvalue weighted by atomic mass is 10.1.